The molecule has 7 heteroatoms. The zero-order valence-electron chi connectivity index (χ0n) is 16.2. The lowest BCUT2D eigenvalue weighted by Crippen LogP contribution is -2.23. The molecule has 1 aromatic carbocycles. The van der Waals surface area contributed by atoms with Crippen molar-refractivity contribution in [3.8, 4) is 5.75 Å². The van der Waals surface area contributed by atoms with E-state index in [0.717, 1.165) is 30.7 Å². The van der Waals surface area contributed by atoms with Crippen LogP contribution in [0.4, 0.5) is 8.78 Å². The second kappa shape index (κ2) is 6.36. The fourth-order valence-electron chi connectivity index (χ4n) is 3.24. The standard InChI is InChI=1S/C21H21F2N3O2/c1-11-18-14(20(27)28-17-8-7-13(22)9-15(17)23)10-16(12-5-6-12)24-19(18)26(25-11)21(2,3)4/h7-10,12H,5-6H2,1-4H3. The Labute approximate surface area is 161 Å². The van der Waals surface area contributed by atoms with Crippen LogP contribution in [0.1, 0.15) is 61.3 Å². The van der Waals surface area contributed by atoms with E-state index in [9.17, 15) is 13.6 Å². The Bertz CT molecular complexity index is 1100. The van der Waals surface area contributed by atoms with Gasteiger partial charge in [-0.25, -0.2) is 23.2 Å². The number of fused-ring (bicyclic) bond motifs is 1. The van der Waals surface area contributed by atoms with Crippen LogP contribution >= 0.6 is 0 Å². The van der Waals surface area contributed by atoms with Crippen LogP contribution in [0.15, 0.2) is 24.3 Å². The molecule has 1 fully saturated rings. The molecule has 1 aliphatic rings. The third kappa shape index (κ3) is 3.25. The Morgan fingerprint density at radius 3 is 2.54 bits per heavy atom. The molecule has 5 nitrogen and oxygen atoms in total. The van der Waals surface area contributed by atoms with Gasteiger partial charge in [-0.3, -0.25) is 0 Å². The minimum absolute atomic E-state index is 0.295. The number of benzene rings is 1. The first-order valence-corrected chi connectivity index (χ1v) is 9.23. The molecule has 4 rings (SSSR count). The van der Waals surface area contributed by atoms with E-state index in [2.05, 4.69) is 5.10 Å². The summed E-state index contributed by atoms with van der Waals surface area (Å²) in [4.78, 5) is 17.7. The van der Waals surface area contributed by atoms with Gasteiger partial charge >= 0.3 is 5.97 Å². The average Bonchev–Trinajstić information content (AvgIpc) is 3.40. The van der Waals surface area contributed by atoms with Gasteiger partial charge in [0.05, 0.1) is 22.2 Å². The van der Waals surface area contributed by atoms with Crippen molar-refractivity contribution >= 4 is 17.0 Å². The molecule has 0 N–H and O–H groups in total. The number of hydrogen-bond acceptors (Lipinski definition) is 4. The van der Waals surface area contributed by atoms with Crippen molar-refractivity contribution in [1.82, 2.24) is 14.8 Å². The van der Waals surface area contributed by atoms with Gasteiger partial charge in [-0.15, -0.1) is 0 Å². The van der Waals surface area contributed by atoms with Crippen molar-refractivity contribution in [2.75, 3.05) is 0 Å². The minimum Gasteiger partial charge on any atom is -0.420 e. The number of ether oxygens (including phenoxy) is 1. The molecule has 0 radical (unpaired) electrons. The molecule has 0 amide bonds. The molecule has 146 valence electrons. The molecular weight excluding hydrogens is 364 g/mol. The fourth-order valence-corrected chi connectivity index (χ4v) is 3.24. The van der Waals surface area contributed by atoms with E-state index < -0.39 is 17.6 Å². The molecule has 3 aromatic rings. The highest BCUT2D eigenvalue weighted by Gasteiger charge is 2.31. The first-order valence-electron chi connectivity index (χ1n) is 9.23. The topological polar surface area (TPSA) is 57.0 Å². The maximum atomic E-state index is 14.0. The normalized spacial score (nSPS) is 14.5. The molecule has 28 heavy (non-hydrogen) atoms. The van der Waals surface area contributed by atoms with Crippen LogP contribution in [-0.2, 0) is 5.54 Å². The average molecular weight is 385 g/mol. The van der Waals surface area contributed by atoms with Gasteiger partial charge in [0, 0.05) is 17.7 Å². The van der Waals surface area contributed by atoms with Crippen molar-refractivity contribution in [2.24, 2.45) is 0 Å². The van der Waals surface area contributed by atoms with Crippen LogP contribution in [0.25, 0.3) is 11.0 Å². The number of nitrogens with zero attached hydrogens (tertiary/aromatic N) is 3. The maximum absolute atomic E-state index is 14.0. The minimum atomic E-state index is -0.928. The van der Waals surface area contributed by atoms with Crippen molar-refractivity contribution in [3.05, 3.63) is 52.9 Å². The molecular formula is C21H21F2N3O2. The van der Waals surface area contributed by atoms with E-state index in [1.807, 2.05) is 20.8 Å². The van der Waals surface area contributed by atoms with E-state index in [4.69, 9.17) is 9.72 Å². The SMILES string of the molecule is Cc1nn(C(C)(C)C)c2nc(C3CC3)cc(C(=O)Oc3ccc(F)cc3F)c12. The Morgan fingerprint density at radius 2 is 1.93 bits per heavy atom. The quantitative estimate of drug-likeness (QED) is 0.477. The van der Waals surface area contributed by atoms with Crippen LogP contribution in [0.5, 0.6) is 5.75 Å². The van der Waals surface area contributed by atoms with E-state index in [0.29, 0.717) is 34.3 Å². The molecule has 2 heterocycles. The van der Waals surface area contributed by atoms with Gasteiger partial charge in [-0.05, 0) is 58.7 Å². The number of aryl methyl sites for hydroxylation is 1. The number of carbonyl (C=O) groups is 1. The first kappa shape index (κ1) is 18.5. The highest BCUT2D eigenvalue weighted by atomic mass is 19.1. The number of esters is 1. The van der Waals surface area contributed by atoms with Gasteiger partial charge in [-0.2, -0.15) is 5.10 Å². The van der Waals surface area contributed by atoms with Gasteiger partial charge in [0.1, 0.15) is 5.82 Å². The molecule has 0 aliphatic heterocycles. The zero-order valence-corrected chi connectivity index (χ0v) is 16.2. The number of pyridine rings is 1. The first-order chi connectivity index (χ1) is 13.1. The Hall–Kier alpha value is -2.83. The van der Waals surface area contributed by atoms with Crippen molar-refractivity contribution in [3.63, 3.8) is 0 Å². The molecule has 0 saturated heterocycles. The molecule has 0 atom stereocenters. The van der Waals surface area contributed by atoms with Gasteiger partial charge in [-0.1, -0.05) is 0 Å². The Kier molecular flexibility index (Phi) is 4.21. The Balaban J connectivity index is 1.85. The summed E-state index contributed by atoms with van der Waals surface area (Å²) >= 11 is 0. The molecule has 2 aromatic heterocycles. The lowest BCUT2D eigenvalue weighted by atomic mass is 10.1. The number of carbonyl (C=O) groups excluding carboxylic acids is 1. The van der Waals surface area contributed by atoms with Crippen LogP contribution in [-0.4, -0.2) is 20.7 Å². The van der Waals surface area contributed by atoms with E-state index in [1.165, 1.54) is 0 Å². The summed E-state index contributed by atoms with van der Waals surface area (Å²) in [5.74, 6) is -2.38. The van der Waals surface area contributed by atoms with Gasteiger partial charge in [0.2, 0.25) is 0 Å². The van der Waals surface area contributed by atoms with E-state index in [1.54, 1.807) is 17.7 Å². The van der Waals surface area contributed by atoms with Gasteiger partial charge < -0.3 is 4.74 Å². The second-order valence-electron chi connectivity index (χ2n) is 8.20. The highest BCUT2D eigenvalue weighted by Crippen LogP contribution is 2.41. The molecule has 0 bridgehead atoms. The smallest absolute Gasteiger partial charge is 0.344 e. The van der Waals surface area contributed by atoms with Gasteiger partial charge in [0.25, 0.3) is 0 Å². The third-order valence-electron chi connectivity index (χ3n) is 4.78. The zero-order chi connectivity index (χ0) is 20.2. The predicted molar refractivity (Wildman–Crippen MR) is 101 cm³/mol. The third-order valence-corrected chi connectivity index (χ3v) is 4.78. The summed E-state index contributed by atoms with van der Waals surface area (Å²) in [5, 5.41) is 5.17. The predicted octanol–water partition coefficient (Wildman–Crippen LogP) is 4.87. The summed E-state index contributed by atoms with van der Waals surface area (Å²) < 4.78 is 34.1. The van der Waals surface area contributed by atoms with E-state index >= 15 is 0 Å². The number of halogens is 2. The van der Waals surface area contributed by atoms with Crippen molar-refractivity contribution < 1.29 is 18.3 Å². The summed E-state index contributed by atoms with van der Waals surface area (Å²) in [7, 11) is 0. The highest BCUT2D eigenvalue weighted by molar-refractivity contribution is 6.04. The number of aromatic nitrogens is 3. The fraction of sp³-hybridized carbons (Fsp3) is 0.381. The molecule has 1 aliphatic carbocycles. The maximum Gasteiger partial charge on any atom is 0.344 e. The molecule has 0 unspecified atom stereocenters. The summed E-state index contributed by atoms with van der Waals surface area (Å²) in [6.07, 6.45) is 2.03. The van der Waals surface area contributed by atoms with Crippen LogP contribution in [0.3, 0.4) is 0 Å². The number of hydrogen-bond donors (Lipinski definition) is 0. The van der Waals surface area contributed by atoms with Crippen molar-refractivity contribution in [2.45, 2.75) is 52.0 Å². The Morgan fingerprint density at radius 1 is 1.21 bits per heavy atom. The molecule has 1 saturated carbocycles. The lowest BCUT2D eigenvalue weighted by Gasteiger charge is -2.20. The second-order valence-corrected chi connectivity index (χ2v) is 8.20. The van der Waals surface area contributed by atoms with E-state index in [-0.39, 0.29) is 11.3 Å². The summed E-state index contributed by atoms with van der Waals surface area (Å²) in [6.45, 7) is 7.83. The molecule has 0 spiro atoms. The van der Waals surface area contributed by atoms with Gasteiger partial charge in [0.15, 0.2) is 17.2 Å². The summed E-state index contributed by atoms with van der Waals surface area (Å²) in [6, 6.07) is 4.55. The number of rotatable bonds is 3. The summed E-state index contributed by atoms with van der Waals surface area (Å²) in [5.41, 5.74) is 2.03. The van der Waals surface area contributed by atoms with Crippen LogP contribution in [0.2, 0.25) is 0 Å². The van der Waals surface area contributed by atoms with Crippen LogP contribution < -0.4 is 4.74 Å². The monoisotopic (exact) mass is 385 g/mol. The lowest BCUT2D eigenvalue weighted by molar-refractivity contribution is 0.0729. The van der Waals surface area contributed by atoms with Crippen LogP contribution in [0, 0.1) is 18.6 Å². The van der Waals surface area contributed by atoms with Crippen molar-refractivity contribution in [1.29, 1.82) is 0 Å². The largest absolute Gasteiger partial charge is 0.420 e.